The molecule has 1 amide bonds. The molecular formula is C10H9ClN4O. The second-order valence-electron chi connectivity index (χ2n) is 3.19. The number of nitrogens with two attached hydrogens (primary N) is 1. The molecule has 82 valence electrons. The van der Waals surface area contributed by atoms with Crippen molar-refractivity contribution in [2.45, 2.75) is 6.42 Å². The Morgan fingerprint density at radius 1 is 1.62 bits per heavy atom. The molecule has 2 aromatic rings. The van der Waals surface area contributed by atoms with Gasteiger partial charge in [-0.2, -0.15) is 5.10 Å². The highest BCUT2D eigenvalue weighted by Gasteiger charge is 2.02. The summed E-state index contributed by atoms with van der Waals surface area (Å²) in [5.74, 6) is -0.376. The minimum Gasteiger partial charge on any atom is -0.369 e. The molecule has 2 N–H and O–H groups in total. The summed E-state index contributed by atoms with van der Waals surface area (Å²) in [6.45, 7) is 0. The molecule has 0 unspecified atom stereocenters. The Morgan fingerprint density at radius 3 is 3.19 bits per heavy atom. The Hall–Kier alpha value is -1.88. The lowest BCUT2D eigenvalue weighted by atomic mass is 10.2. The highest BCUT2D eigenvalue weighted by molar-refractivity contribution is 6.29. The molecule has 0 atom stereocenters. The van der Waals surface area contributed by atoms with Crippen LogP contribution in [-0.2, 0) is 4.79 Å². The maximum Gasteiger partial charge on any atom is 0.221 e. The summed E-state index contributed by atoms with van der Waals surface area (Å²) in [4.78, 5) is 14.7. The molecule has 0 saturated heterocycles. The van der Waals surface area contributed by atoms with Gasteiger partial charge in [0.15, 0.2) is 5.65 Å². The third kappa shape index (κ3) is 2.20. The van der Waals surface area contributed by atoms with E-state index in [9.17, 15) is 4.79 Å². The normalized spacial score (nSPS) is 11.3. The molecule has 0 bridgehead atoms. The lowest BCUT2D eigenvalue weighted by molar-refractivity contribution is -0.117. The quantitative estimate of drug-likeness (QED) is 0.816. The van der Waals surface area contributed by atoms with Crippen molar-refractivity contribution >= 4 is 29.2 Å². The molecule has 2 aromatic heterocycles. The predicted molar refractivity (Wildman–Crippen MR) is 60.8 cm³/mol. The van der Waals surface area contributed by atoms with Gasteiger partial charge in [0.25, 0.3) is 0 Å². The van der Waals surface area contributed by atoms with Crippen molar-refractivity contribution in [1.82, 2.24) is 14.6 Å². The van der Waals surface area contributed by atoms with Gasteiger partial charge in [0.2, 0.25) is 5.91 Å². The second kappa shape index (κ2) is 4.32. The van der Waals surface area contributed by atoms with E-state index in [1.165, 1.54) is 0 Å². The van der Waals surface area contributed by atoms with Gasteiger partial charge in [0.05, 0.1) is 6.20 Å². The minimum absolute atomic E-state index is 0.192. The van der Waals surface area contributed by atoms with Crippen LogP contribution >= 0.6 is 11.6 Å². The van der Waals surface area contributed by atoms with E-state index in [-0.39, 0.29) is 12.3 Å². The number of primary amides is 1. The van der Waals surface area contributed by atoms with E-state index in [0.717, 1.165) is 5.56 Å². The van der Waals surface area contributed by atoms with Crippen molar-refractivity contribution in [1.29, 1.82) is 0 Å². The number of nitrogens with zero attached hydrogens (tertiary/aromatic N) is 3. The molecule has 0 aliphatic rings. The number of carbonyl (C=O) groups is 1. The molecule has 0 aliphatic carbocycles. The zero-order valence-corrected chi connectivity index (χ0v) is 9.05. The van der Waals surface area contributed by atoms with Gasteiger partial charge in [-0.3, -0.25) is 4.79 Å². The molecule has 0 spiro atoms. The number of amides is 1. The smallest absolute Gasteiger partial charge is 0.221 e. The maximum atomic E-state index is 10.6. The zero-order chi connectivity index (χ0) is 11.5. The molecule has 5 nitrogen and oxygen atoms in total. The van der Waals surface area contributed by atoms with E-state index >= 15 is 0 Å². The van der Waals surface area contributed by atoms with Crippen LogP contribution in [0.4, 0.5) is 0 Å². The standard InChI is InChI=1S/C10H9ClN4O/c11-8-4-5-15-10(14-8)7(6-13-15)2-1-3-9(12)16/h1-2,4-6H,3H2,(H2,12,16). The lowest BCUT2D eigenvalue weighted by Gasteiger charge is -1.93. The van der Waals surface area contributed by atoms with Gasteiger partial charge >= 0.3 is 0 Å². The van der Waals surface area contributed by atoms with Crippen LogP contribution in [0.2, 0.25) is 5.15 Å². The molecule has 6 heteroatoms. The van der Waals surface area contributed by atoms with Gasteiger partial charge in [-0.15, -0.1) is 0 Å². The van der Waals surface area contributed by atoms with E-state index < -0.39 is 0 Å². The molecule has 0 aliphatic heterocycles. The summed E-state index contributed by atoms with van der Waals surface area (Å²) in [7, 11) is 0. The van der Waals surface area contributed by atoms with Crippen LogP contribution in [0.3, 0.4) is 0 Å². The Balaban J connectivity index is 2.34. The van der Waals surface area contributed by atoms with E-state index in [2.05, 4.69) is 10.1 Å². The first-order valence-electron chi connectivity index (χ1n) is 4.61. The van der Waals surface area contributed by atoms with Crippen molar-refractivity contribution in [3.63, 3.8) is 0 Å². The first-order valence-corrected chi connectivity index (χ1v) is 4.99. The number of fused-ring (bicyclic) bond motifs is 1. The van der Waals surface area contributed by atoms with Crippen molar-refractivity contribution in [2.75, 3.05) is 0 Å². The second-order valence-corrected chi connectivity index (χ2v) is 3.58. The van der Waals surface area contributed by atoms with Gasteiger partial charge in [-0.25, -0.2) is 9.50 Å². The van der Waals surface area contributed by atoms with Crippen LogP contribution in [0.25, 0.3) is 11.7 Å². The monoisotopic (exact) mass is 236 g/mol. The Bertz CT molecular complexity index is 561. The summed E-state index contributed by atoms with van der Waals surface area (Å²) < 4.78 is 1.61. The molecule has 2 heterocycles. The first kappa shape index (κ1) is 10.6. The first-order chi connectivity index (χ1) is 7.66. The summed E-state index contributed by atoms with van der Waals surface area (Å²) in [5, 5.41) is 4.49. The van der Waals surface area contributed by atoms with Crippen molar-refractivity contribution in [3.05, 3.63) is 35.3 Å². The Labute approximate surface area is 96.5 Å². The van der Waals surface area contributed by atoms with Crippen LogP contribution in [0.15, 0.2) is 24.5 Å². The van der Waals surface area contributed by atoms with Crippen LogP contribution < -0.4 is 5.73 Å². The molecule has 16 heavy (non-hydrogen) atoms. The fraction of sp³-hybridized carbons (Fsp3) is 0.100. The molecule has 0 radical (unpaired) electrons. The molecule has 0 aromatic carbocycles. The molecular weight excluding hydrogens is 228 g/mol. The van der Waals surface area contributed by atoms with E-state index in [0.29, 0.717) is 10.8 Å². The number of hydrogen-bond donors (Lipinski definition) is 1. The highest BCUT2D eigenvalue weighted by Crippen LogP contribution is 2.13. The van der Waals surface area contributed by atoms with Crippen molar-refractivity contribution in [2.24, 2.45) is 5.73 Å². The van der Waals surface area contributed by atoms with Crippen molar-refractivity contribution < 1.29 is 4.79 Å². The molecule has 0 fully saturated rings. The topological polar surface area (TPSA) is 73.3 Å². The van der Waals surface area contributed by atoms with Gasteiger partial charge in [-0.05, 0) is 6.07 Å². The SMILES string of the molecule is NC(=O)CC=Cc1cnn2ccc(Cl)nc12. The van der Waals surface area contributed by atoms with Gasteiger partial charge in [0.1, 0.15) is 5.15 Å². The van der Waals surface area contributed by atoms with E-state index in [1.807, 2.05) is 0 Å². The van der Waals surface area contributed by atoms with Crippen LogP contribution in [0.5, 0.6) is 0 Å². The third-order valence-electron chi connectivity index (χ3n) is 1.98. The minimum atomic E-state index is -0.376. The summed E-state index contributed by atoms with van der Waals surface area (Å²) >= 11 is 5.78. The Kier molecular flexibility index (Phi) is 2.87. The van der Waals surface area contributed by atoms with E-state index in [1.54, 1.807) is 35.1 Å². The molecule has 2 rings (SSSR count). The number of rotatable bonds is 3. The third-order valence-corrected chi connectivity index (χ3v) is 2.19. The largest absolute Gasteiger partial charge is 0.369 e. The fourth-order valence-corrected chi connectivity index (χ4v) is 1.42. The lowest BCUT2D eigenvalue weighted by Crippen LogP contribution is -2.07. The number of aromatic nitrogens is 3. The summed E-state index contributed by atoms with van der Waals surface area (Å²) in [6.07, 6.45) is 6.97. The van der Waals surface area contributed by atoms with E-state index in [4.69, 9.17) is 17.3 Å². The van der Waals surface area contributed by atoms with Gasteiger partial charge in [0, 0.05) is 18.2 Å². The summed E-state index contributed by atoms with van der Waals surface area (Å²) in [5.41, 5.74) is 6.46. The van der Waals surface area contributed by atoms with Gasteiger partial charge in [-0.1, -0.05) is 23.8 Å². The molecule has 0 saturated carbocycles. The highest BCUT2D eigenvalue weighted by atomic mass is 35.5. The van der Waals surface area contributed by atoms with Crippen LogP contribution in [-0.4, -0.2) is 20.5 Å². The number of halogens is 1. The average Bonchev–Trinajstić information content (AvgIpc) is 2.60. The van der Waals surface area contributed by atoms with Gasteiger partial charge < -0.3 is 5.73 Å². The number of hydrogen-bond acceptors (Lipinski definition) is 3. The van der Waals surface area contributed by atoms with Crippen molar-refractivity contribution in [3.8, 4) is 0 Å². The van der Waals surface area contributed by atoms with Crippen LogP contribution in [0, 0.1) is 0 Å². The average molecular weight is 237 g/mol. The fourth-order valence-electron chi connectivity index (χ4n) is 1.28. The van der Waals surface area contributed by atoms with Crippen LogP contribution in [0.1, 0.15) is 12.0 Å². The maximum absolute atomic E-state index is 10.6. The zero-order valence-electron chi connectivity index (χ0n) is 8.30. The summed E-state index contributed by atoms with van der Waals surface area (Å²) in [6, 6.07) is 1.65. The Morgan fingerprint density at radius 2 is 2.44 bits per heavy atom. The number of carbonyl (C=O) groups excluding carboxylic acids is 1. The predicted octanol–water partition coefficient (Wildman–Crippen LogP) is 1.27.